The molecule has 5 nitrogen and oxygen atoms in total. The van der Waals surface area contributed by atoms with E-state index in [-0.39, 0.29) is 17.3 Å². The van der Waals surface area contributed by atoms with Gasteiger partial charge in [-0.1, -0.05) is 0 Å². The van der Waals surface area contributed by atoms with Gasteiger partial charge in [-0.2, -0.15) is 0 Å². The molecule has 1 aromatic rings. The topological polar surface area (TPSA) is 88.2 Å². The van der Waals surface area contributed by atoms with E-state index in [1.165, 1.54) is 6.42 Å². The standard InChI is InChI=1S/C16H20BrN3O2/c17-11-2-12(13(18)19-7-11)14(21)20-15-3-9-1-10(4-15)6-16(22,5-9)8-15/h2,7,9-10,22H,1,3-6,8H2,(H2,18,19)(H,20,21). The highest BCUT2D eigenvalue weighted by Gasteiger charge is 2.57. The summed E-state index contributed by atoms with van der Waals surface area (Å²) < 4.78 is 0.732. The first kappa shape index (κ1) is 14.5. The molecule has 2 atom stereocenters. The number of anilines is 1. The van der Waals surface area contributed by atoms with Crippen molar-refractivity contribution >= 4 is 27.7 Å². The van der Waals surface area contributed by atoms with Crippen LogP contribution in [-0.4, -0.2) is 27.1 Å². The molecule has 1 heterocycles. The van der Waals surface area contributed by atoms with E-state index in [1.807, 2.05) is 0 Å². The Bertz CT molecular complexity index is 634. The number of nitrogen functional groups attached to an aromatic ring is 1. The molecule has 0 spiro atoms. The Morgan fingerprint density at radius 3 is 2.68 bits per heavy atom. The second-order valence-electron chi connectivity index (χ2n) is 7.51. The monoisotopic (exact) mass is 365 g/mol. The number of nitrogens with one attached hydrogen (secondary N) is 1. The second kappa shape index (κ2) is 4.68. The molecule has 22 heavy (non-hydrogen) atoms. The second-order valence-corrected chi connectivity index (χ2v) is 8.42. The quantitative estimate of drug-likeness (QED) is 0.749. The number of carbonyl (C=O) groups is 1. The molecule has 118 valence electrons. The van der Waals surface area contributed by atoms with Crippen molar-refractivity contribution in [1.82, 2.24) is 10.3 Å². The largest absolute Gasteiger partial charge is 0.390 e. The molecule has 4 bridgehead atoms. The predicted molar refractivity (Wildman–Crippen MR) is 86.2 cm³/mol. The number of nitrogens with zero attached hydrogens (tertiary/aromatic N) is 1. The zero-order valence-corrected chi connectivity index (χ0v) is 13.9. The molecule has 6 heteroatoms. The lowest BCUT2D eigenvalue weighted by Gasteiger charge is -2.60. The van der Waals surface area contributed by atoms with Crippen LogP contribution in [0, 0.1) is 11.8 Å². The summed E-state index contributed by atoms with van der Waals surface area (Å²) in [7, 11) is 0. The average molecular weight is 366 g/mol. The van der Waals surface area contributed by atoms with Crippen molar-refractivity contribution in [3.8, 4) is 0 Å². The third-order valence-corrected chi connectivity index (χ3v) is 5.97. The van der Waals surface area contributed by atoms with Crippen molar-refractivity contribution in [1.29, 1.82) is 0 Å². The van der Waals surface area contributed by atoms with Gasteiger partial charge in [0.1, 0.15) is 5.82 Å². The molecule has 4 fully saturated rings. The van der Waals surface area contributed by atoms with Crippen molar-refractivity contribution in [3.63, 3.8) is 0 Å². The van der Waals surface area contributed by atoms with Crippen LogP contribution in [0.2, 0.25) is 0 Å². The first-order valence-corrected chi connectivity index (χ1v) is 8.62. The first-order chi connectivity index (χ1) is 10.4. The van der Waals surface area contributed by atoms with Crippen LogP contribution in [0.25, 0.3) is 0 Å². The van der Waals surface area contributed by atoms with Gasteiger partial charge in [-0.3, -0.25) is 4.79 Å². The number of amides is 1. The van der Waals surface area contributed by atoms with E-state index in [2.05, 4.69) is 26.2 Å². The van der Waals surface area contributed by atoms with Crippen LogP contribution in [-0.2, 0) is 0 Å². The first-order valence-electron chi connectivity index (χ1n) is 7.82. The van der Waals surface area contributed by atoms with Gasteiger partial charge in [0.2, 0.25) is 0 Å². The molecule has 4 aliphatic rings. The van der Waals surface area contributed by atoms with E-state index in [0.29, 0.717) is 23.8 Å². The van der Waals surface area contributed by atoms with Gasteiger partial charge in [0.15, 0.2) is 0 Å². The van der Waals surface area contributed by atoms with Gasteiger partial charge in [0.25, 0.3) is 5.91 Å². The number of rotatable bonds is 2. The highest BCUT2D eigenvalue weighted by molar-refractivity contribution is 9.10. The van der Waals surface area contributed by atoms with E-state index in [0.717, 1.165) is 30.2 Å². The number of hydrogen-bond acceptors (Lipinski definition) is 4. The summed E-state index contributed by atoms with van der Waals surface area (Å²) in [5.41, 5.74) is 5.38. The fourth-order valence-corrected chi connectivity index (χ4v) is 5.63. The molecule has 2 unspecified atom stereocenters. The molecular weight excluding hydrogens is 346 g/mol. The number of nitrogens with two attached hydrogens (primary N) is 1. The summed E-state index contributed by atoms with van der Waals surface area (Å²) in [6.45, 7) is 0. The molecule has 0 radical (unpaired) electrons. The van der Waals surface area contributed by atoms with Gasteiger partial charge >= 0.3 is 0 Å². The number of pyridine rings is 1. The van der Waals surface area contributed by atoms with Crippen molar-refractivity contribution in [2.75, 3.05) is 5.73 Å². The van der Waals surface area contributed by atoms with Gasteiger partial charge in [0.05, 0.1) is 11.2 Å². The van der Waals surface area contributed by atoms with Gasteiger partial charge in [0, 0.05) is 16.2 Å². The summed E-state index contributed by atoms with van der Waals surface area (Å²) in [4.78, 5) is 16.7. The van der Waals surface area contributed by atoms with E-state index in [4.69, 9.17) is 5.73 Å². The minimum absolute atomic E-state index is 0.183. The number of carbonyl (C=O) groups excluding carboxylic acids is 1. The predicted octanol–water partition coefficient (Wildman–Crippen LogP) is 2.24. The van der Waals surface area contributed by atoms with Gasteiger partial charge in [-0.15, -0.1) is 0 Å². The molecule has 4 saturated carbocycles. The third kappa shape index (κ3) is 2.33. The maximum atomic E-state index is 12.7. The van der Waals surface area contributed by atoms with Crippen molar-refractivity contribution < 1.29 is 9.90 Å². The maximum Gasteiger partial charge on any atom is 0.255 e. The van der Waals surface area contributed by atoms with E-state index in [1.54, 1.807) is 12.3 Å². The Balaban J connectivity index is 1.60. The zero-order valence-electron chi connectivity index (χ0n) is 12.3. The molecule has 5 rings (SSSR count). The van der Waals surface area contributed by atoms with Gasteiger partial charge < -0.3 is 16.2 Å². The number of halogens is 1. The summed E-state index contributed by atoms with van der Waals surface area (Å²) in [5, 5.41) is 13.9. The summed E-state index contributed by atoms with van der Waals surface area (Å²) >= 11 is 3.33. The van der Waals surface area contributed by atoms with Crippen LogP contribution in [0.1, 0.15) is 48.9 Å². The molecule has 1 aromatic heterocycles. The fourth-order valence-electron chi connectivity index (χ4n) is 5.30. The molecule has 1 amide bonds. The highest BCUT2D eigenvalue weighted by atomic mass is 79.9. The number of aromatic nitrogens is 1. The van der Waals surface area contributed by atoms with Gasteiger partial charge in [-0.25, -0.2) is 4.98 Å². The molecule has 4 N–H and O–H groups in total. The van der Waals surface area contributed by atoms with Crippen LogP contribution in [0.5, 0.6) is 0 Å². The fraction of sp³-hybridized carbons (Fsp3) is 0.625. The minimum atomic E-state index is -0.585. The van der Waals surface area contributed by atoms with Crippen LogP contribution < -0.4 is 11.1 Å². The Labute approximate surface area is 137 Å². The van der Waals surface area contributed by atoms with Crippen molar-refractivity contribution in [2.45, 2.75) is 49.7 Å². The molecule has 0 aliphatic heterocycles. The Hall–Kier alpha value is -1.14. The Morgan fingerprint density at radius 1 is 1.36 bits per heavy atom. The zero-order chi connectivity index (χ0) is 15.5. The molecule has 4 aliphatic carbocycles. The van der Waals surface area contributed by atoms with Crippen LogP contribution in [0.15, 0.2) is 16.7 Å². The number of aliphatic hydroxyl groups is 1. The van der Waals surface area contributed by atoms with Crippen LogP contribution in [0.4, 0.5) is 5.82 Å². The summed E-state index contributed by atoms with van der Waals surface area (Å²) in [6, 6.07) is 1.70. The normalized spacial score (nSPS) is 39.0. The summed E-state index contributed by atoms with van der Waals surface area (Å²) in [6.07, 6.45) is 7.17. The Kier molecular flexibility index (Phi) is 3.07. The van der Waals surface area contributed by atoms with Crippen LogP contribution >= 0.6 is 15.9 Å². The molecule has 0 aromatic carbocycles. The highest BCUT2D eigenvalue weighted by Crippen LogP contribution is 2.57. The average Bonchev–Trinajstić information content (AvgIpc) is 2.38. The Morgan fingerprint density at radius 2 is 2.05 bits per heavy atom. The van der Waals surface area contributed by atoms with Gasteiger partial charge in [-0.05, 0) is 72.4 Å². The van der Waals surface area contributed by atoms with Crippen LogP contribution in [0.3, 0.4) is 0 Å². The van der Waals surface area contributed by atoms with E-state index >= 15 is 0 Å². The lowest BCUT2D eigenvalue weighted by atomic mass is 9.51. The third-order valence-electron chi connectivity index (χ3n) is 5.54. The lowest BCUT2D eigenvalue weighted by molar-refractivity contribution is -0.139. The van der Waals surface area contributed by atoms with E-state index < -0.39 is 5.60 Å². The molecular formula is C16H20BrN3O2. The van der Waals surface area contributed by atoms with E-state index in [9.17, 15) is 9.90 Å². The maximum absolute atomic E-state index is 12.7. The van der Waals surface area contributed by atoms with Crippen molar-refractivity contribution in [3.05, 3.63) is 22.3 Å². The SMILES string of the molecule is Nc1ncc(Br)cc1C(=O)NC12CC3CC(CC(O)(C3)C1)C2. The smallest absolute Gasteiger partial charge is 0.255 e. The summed E-state index contributed by atoms with van der Waals surface area (Å²) in [5.74, 6) is 1.12. The number of hydrogen-bond donors (Lipinski definition) is 3. The lowest BCUT2D eigenvalue weighted by Crippen LogP contribution is -2.65. The van der Waals surface area contributed by atoms with Crippen molar-refractivity contribution in [2.24, 2.45) is 11.8 Å². The minimum Gasteiger partial charge on any atom is -0.390 e. The molecule has 0 saturated heterocycles.